The Balaban J connectivity index is 1.46. The number of nitro groups is 1. The molecule has 2 aliphatic carbocycles. The van der Waals surface area contributed by atoms with Crippen LogP contribution in [0.5, 0.6) is 0 Å². The zero-order chi connectivity index (χ0) is 27.7. The van der Waals surface area contributed by atoms with Crippen LogP contribution in [-0.4, -0.2) is 52.5 Å². The number of carbonyl (C=O) groups excluding carboxylic acids is 2. The van der Waals surface area contributed by atoms with E-state index in [1.165, 1.54) is 36.4 Å². The van der Waals surface area contributed by atoms with Gasteiger partial charge in [0.2, 0.25) is 0 Å². The van der Waals surface area contributed by atoms with Crippen LogP contribution in [0.25, 0.3) is 6.08 Å². The van der Waals surface area contributed by atoms with Gasteiger partial charge in [-0.1, -0.05) is 32.1 Å². The van der Waals surface area contributed by atoms with Crippen molar-refractivity contribution in [1.29, 1.82) is 0 Å². The van der Waals surface area contributed by atoms with Gasteiger partial charge in [0.05, 0.1) is 23.2 Å². The van der Waals surface area contributed by atoms with E-state index in [2.05, 4.69) is 13.5 Å². The summed E-state index contributed by atoms with van der Waals surface area (Å²) < 4.78 is 10.7. The summed E-state index contributed by atoms with van der Waals surface area (Å²) in [6.07, 6.45) is 6.60. The van der Waals surface area contributed by atoms with Crippen molar-refractivity contribution in [2.24, 2.45) is 22.7 Å². The van der Waals surface area contributed by atoms with Gasteiger partial charge in [-0.15, -0.1) is 0 Å². The molecule has 9 heteroatoms. The highest BCUT2D eigenvalue weighted by molar-refractivity contribution is 5.93. The number of ether oxygens (including phenoxy) is 2. The topological polar surface area (TPSA) is 136 Å². The molecule has 1 aliphatic heterocycles. The lowest BCUT2D eigenvalue weighted by atomic mass is 9.46. The van der Waals surface area contributed by atoms with E-state index in [9.17, 15) is 29.9 Å². The molecule has 2 saturated carbocycles. The number of benzene rings is 1. The van der Waals surface area contributed by atoms with Crippen molar-refractivity contribution in [3.05, 3.63) is 69.8 Å². The molecule has 2 N–H and O–H groups in total. The maximum atomic E-state index is 12.5. The predicted octanol–water partition coefficient (Wildman–Crippen LogP) is 4.14. The van der Waals surface area contributed by atoms with Crippen molar-refractivity contribution in [2.45, 2.75) is 58.2 Å². The van der Waals surface area contributed by atoms with E-state index >= 15 is 0 Å². The van der Waals surface area contributed by atoms with Crippen molar-refractivity contribution in [3.8, 4) is 0 Å². The van der Waals surface area contributed by atoms with Crippen LogP contribution in [0, 0.1) is 32.8 Å². The fourth-order valence-corrected chi connectivity index (χ4v) is 6.70. The quantitative estimate of drug-likeness (QED) is 0.178. The number of aliphatic hydroxyl groups excluding tert-OH is 2. The van der Waals surface area contributed by atoms with E-state index in [1.54, 1.807) is 6.08 Å². The van der Waals surface area contributed by atoms with E-state index in [0.717, 1.165) is 24.8 Å². The molecule has 3 aliphatic rings. The number of rotatable bonds is 7. The molecule has 1 heterocycles. The minimum Gasteiger partial charge on any atom is -0.458 e. The molecule has 1 saturated heterocycles. The van der Waals surface area contributed by atoms with Gasteiger partial charge in [-0.05, 0) is 73.1 Å². The second-order valence-corrected chi connectivity index (χ2v) is 11.1. The van der Waals surface area contributed by atoms with Crippen LogP contribution in [0.2, 0.25) is 0 Å². The second kappa shape index (κ2) is 10.8. The maximum Gasteiger partial charge on any atom is 0.337 e. The van der Waals surface area contributed by atoms with Gasteiger partial charge < -0.3 is 19.7 Å². The standard InChI is InChI=1S/C29H35NO8/c1-18-4-12-24-28(2,15-14-25(32)29(24,3)17-31)22(18)11-10-21-23(16-37-27(21)34)38-26(33)13-7-19-5-8-20(9-6-19)30(35)36/h5-10,13,22-25,31-32H,1,4,11-12,14-17H2,2-3H3/b13-7+,21-10+/t22-,23-,24?,25-,28+,29+/m1/s1. The number of non-ortho nitro benzene ring substituents is 1. The molecule has 1 aromatic rings. The molecule has 0 amide bonds. The third kappa shape index (κ3) is 5.17. The van der Waals surface area contributed by atoms with Gasteiger partial charge >= 0.3 is 11.9 Å². The van der Waals surface area contributed by atoms with Crippen molar-refractivity contribution in [2.75, 3.05) is 13.2 Å². The summed E-state index contributed by atoms with van der Waals surface area (Å²) in [5.74, 6) is -1.04. The fraction of sp³-hybridized carbons (Fsp3) is 0.517. The van der Waals surface area contributed by atoms with Gasteiger partial charge in [0.15, 0.2) is 6.10 Å². The first-order chi connectivity index (χ1) is 18.0. The van der Waals surface area contributed by atoms with Gasteiger partial charge in [-0.3, -0.25) is 10.1 Å². The number of aliphatic hydroxyl groups is 2. The first-order valence-corrected chi connectivity index (χ1v) is 13.0. The smallest absolute Gasteiger partial charge is 0.337 e. The van der Waals surface area contributed by atoms with E-state index in [4.69, 9.17) is 9.47 Å². The van der Waals surface area contributed by atoms with Crippen LogP contribution in [0.15, 0.2) is 54.1 Å². The Bertz CT molecular complexity index is 1170. The average Bonchev–Trinajstić information content (AvgIpc) is 3.23. The summed E-state index contributed by atoms with van der Waals surface area (Å²) >= 11 is 0. The van der Waals surface area contributed by atoms with Crippen molar-refractivity contribution >= 4 is 23.7 Å². The zero-order valence-corrected chi connectivity index (χ0v) is 21.8. The fourth-order valence-electron chi connectivity index (χ4n) is 6.70. The predicted molar refractivity (Wildman–Crippen MR) is 140 cm³/mol. The van der Waals surface area contributed by atoms with Gasteiger partial charge in [-0.25, -0.2) is 9.59 Å². The number of fused-ring (bicyclic) bond motifs is 1. The Hall–Kier alpha value is -3.30. The van der Waals surface area contributed by atoms with Gasteiger partial charge in [-0.2, -0.15) is 0 Å². The summed E-state index contributed by atoms with van der Waals surface area (Å²) in [6, 6.07) is 5.73. The number of hydrogen-bond acceptors (Lipinski definition) is 8. The Labute approximate surface area is 222 Å². The number of nitrogens with zero attached hydrogens (tertiary/aromatic N) is 1. The molecular formula is C29H35NO8. The van der Waals surface area contributed by atoms with E-state index in [1.807, 2.05) is 6.92 Å². The van der Waals surface area contributed by atoms with Gasteiger partial charge in [0, 0.05) is 23.6 Å². The molecule has 0 radical (unpaired) electrons. The first kappa shape index (κ1) is 27.7. The van der Waals surface area contributed by atoms with Gasteiger partial charge in [0.25, 0.3) is 5.69 Å². The minimum absolute atomic E-state index is 0.0407. The number of allylic oxidation sites excluding steroid dienone is 2. The van der Waals surface area contributed by atoms with Crippen molar-refractivity contribution < 1.29 is 34.2 Å². The van der Waals surface area contributed by atoms with Crippen LogP contribution in [0.1, 0.15) is 51.5 Å². The summed E-state index contributed by atoms with van der Waals surface area (Å²) in [7, 11) is 0. The van der Waals surface area contributed by atoms with E-state index < -0.39 is 34.5 Å². The molecular weight excluding hydrogens is 490 g/mol. The lowest BCUT2D eigenvalue weighted by Gasteiger charge is -2.59. The average molecular weight is 526 g/mol. The molecule has 6 atom stereocenters. The van der Waals surface area contributed by atoms with Crippen LogP contribution >= 0.6 is 0 Å². The van der Waals surface area contributed by atoms with Crippen LogP contribution in [-0.2, 0) is 19.1 Å². The van der Waals surface area contributed by atoms with Crippen LogP contribution < -0.4 is 0 Å². The maximum absolute atomic E-state index is 12.5. The second-order valence-electron chi connectivity index (χ2n) is 11.1. The summed E-state index contributed by atoms with van der Waals surface area (Å²) in [4.78, 5) is 35.2. The zero-order valence-electron chi connectivity index (χ0n) is 21.8. The number of esters is 2. The third-order valence-corrected chi connectivity index (χ3v) is 8.99. The molecule has 1 unspecified atom stereocenters. The molecule has 3 fully saturated rings. The largest absolute Gasteiger partial charge is 0.458 e. The Morgan fingerprint density at radius 2 is 2.00 bits per heavy atom. The molecule has 0 bridgehead atoms. The first-order valence-electron chi connectivity index (χ1n) is 13.0. The van der Waals surface area contributed by atoms with E-state index in [0.29, 0.717) is 24.0 Å². The Morgan fingerprint density at radius 3 is 2.66 bits per heavy atom. The Kier molecular flexibility index (Phi) is 7.90. The third-order valence-electron chi connectivity index (χ3n) is 8.99. The number of nitro benzene ring substituents is 1. The normalized spacial score (nSPS) is 34.3. The van der Waals surface area contributed by atoms with Gasteiger partial charge in [0.1, 0.15) is 6.61 Å². The highest BCUT2D eigenvalue weighted by Gasteiger charge is 2.57. The summed E-state index contributed by atoms with van der Waals surface area (Å²) in [6.45, 7) is 8.31. The minimum atomic E-state index is -0.840. The molecule has 38 heavy (non-hydrogen) atoms. The van der Waals surface area contributed by atoms with E-state index in [-0.39, 0.29) is 36.2 Å². The summed E-state index contributed by atoms with van der Waals surface area (Å²) in [5.41, 5.74) is 1.12. The highest BCUT2D eigenvalue weighted by atomic mass is 16.6. The lowest BCUT2D eigenvalue weighted by Crippen LogP contribution is -2.57. The molecule has 9 nitrogen and oxygen atoms in total. The molecule has 4 rings (SSSR count). The SMILES string of the molecule is C=C1CCC2[C@](C)(CO)[C@H](O)CC[C@@]2(C)[C@@H]1C/C=C1/C(=O)OC[C@H]1OC(=O)/C=C/c1ccc([N+](=O)[O-])cc1. The Morgan fingerprint density at radius 1 is 1.29 bits per heavy atom. The van der Waals surface area contributed by atoms with Crippen molar-refractivity contribution in [1.82, 2.24) is 0 Å². The highest BCUT2D eigenvalue weighted by Crippen LogP contribution is 2.61. The number of carbonyl (C=O) groups is 2. The lowest BCUT2D eigenvalue weighted by molar-refractivity contribution is -0.384. The monoisotopic (exact) mass is 525 g/mol. The molecule has 204 valence electrons. The molecule has 1 aromatic carbocycles. The van der Waals surface area contributed by atoms with Crippen LogP contribution in [0.3, 0.4) is 0 Å². The molecule has 0 aromatic heterocycles. The molecule has 0 spiro atoms. The van der Waals surface area contributed by atoms with Crippen molar-refractivity contribution in [3.63, 3.8) is 0 Å². The van der Waals surface area contributed by atoms with Crippen LogP contribution in [0.4, 0.5) is 5.69 Å². The summed E-state index contributed by atoms with van der Waals surface area (Å²) in [5, 5.41) is 31.7. The number of hydrogen-bond donors (Lipinski definition) is 2. The number of cyclic esters (lactones) is 1.